The van der Waals surface area contributed by atoms with Crippen molar-refractivity contribution in [2.24, 2.45) is 0 Å². The Morgan fingerprint density at radius 1 is 1.33 bits per heavy atom. The molecule has 1 aliphatic heterocycles. The summed E-state index contributed by atoms with van der Waals surface area (Å²) < 4.78 is 29.7. The Morgan fingerprint density at radius 3 is 2.67 bits per heavy atom. The fourth-order valence-electron chi connectivity index (χ4n) is 1.78. The predicted octanol–water partition coefficient (Wildman–Crippen LogP) is 2.24. The number of carbonyl (C=O) groups excluding carboxylic acids is 1. The van der Waals surface area contributed by atoms with E-state index in [0.29, 0.717) is 0 Å². The first-order chi connectivity index (χ1) is 8.66. The molecule has 1 atom stereocenters. The second kappa shape index (κ2) is 5.73. The van der Waals surface area contributed by atoms with Gasteiger partial charge in [0, 0.05) is 18.5 Å². The van der Waals surface area contributed by atoms with Gasteiger partial charge in [0.25, 0.3) is 6.08 Å². The zero-order valence-electron chi connectivity index (χ0n) is 9.66. The van der Waals surface area contributed by atoms with Gasteiger partial charge >= 0.3 is 5.97 Å². The molecule has 2 rings (SSSR count). The van der Waals surface area contributed by atoms with Crippen LogP contribution >= 0.6 is 0 Å². The van der Waals surface area contributed by atoms with Crippen LogP contribution in [0.2, 0.25) is 0 Å². The molecular weight excluding hydrogens is 240 g/mol. The largest absolute Gasteiger partial charge is 0.460 e. The number of nitrogens with one attached hydrogen (secondary N) is 1. The van der Waals surface area contributed by atoms with Gasteiger partial charge in [-0.2, -0.15) is 8.78 Å². The molecule has 1 heterocycles. The van der Waals surface area contributed by atoms with Gasteiger partial charge in [-0.05, 0) is 5.56 Å². The molecule has 1 fully saturated rings. The van der Waals surface area contributed by atoms with Crippen LogP contribution in [0.3, 0.4) is 0 Å². The zero-order chi connectivity index (χ0) is 13.0. The highest BCUT2D eigenvalue weighted by atomic mass is 19.3. The summed E-state index contributed by atoms with van der Waals surface area (Å²) in [4.78, 5) is 11.6. The fraction of sp³-hybridized carbons (Fsp3) is 0.308. The molecule has 0 amide bonds. The van der Waals surface area contributed by atoms with Gasteiger partial charge < -0.3 is 10.1 Å². The summed E-state index contributed by atoms with van der Waals surface area (Å²) in [6.45, 7) is 0.211. The minimum absolute atomic E-state index is 0.0170. The Labute approximate surface area is 103 Å². The molecule has 0 radical (unpaired) electrons. The standard InChI is InChI=1S/C13H13F2NO2/c14-12(15)10-6-11(16-7-10)13(17)18-8-9-4-2-1-3-5-9/h1-5,11,16H,6-8H2. The summed E-state index contributed by atoms with van der Waals surface area (Å²) in [7, 11) is 0. The highest BCUT2D eigenvalue weighted by Gasteiger charge is 2.29. The van der Waals surface area contributed by atoms with Crippen molar-refractivity contribution in [3.8, 4) is 0 Å². The summed E-state index contributed by atoms with van der Waals surface area (Å²) >= 11 is 0. The maximum absolute atomic E-state index is 12.3. The molecule has 5 heteroatoms. The van der Waals surface area contributed by atoms with Crippen molar-refractivity contribution < 1.29 is 18.3 Å². The number of halogens is 2. The molecule has 96 valence electrons. The Kier molecular flexibility index (Phi) is 4.04. The van der Waals surface area contributed by atoms with E-state index in [2.05, 4.69) is 5.32 Å². The molecule has 1 aromatic rings. The summed E-state index contributed by atoms with van der Waals surface area (Å²) in [5.41, 5.74) is 0.855. The number of hydrogen-bond acceptors (Lipinski definition) is 3. The minimum Gasteiger partial charge on any atom is -0.460 e. The number of esters is 1. The lowest BCUT2D eigenvalue weighted by molar-refractivity contribution is -0.147. The lowest BCUT2D eigenvalue weighted by atomic mass is 10.2. The molecule has 3 nitrogen and oxygen atoms in total. The molecule has 0 bridgehead atoms. The second-order valence-corrected chi connectivity index (χ2v) is 4.09. The van der Waals surface area contributed by atoms with Crippen LogP contribution in [0.4, 0.5) is 8.78 Å². The van der Waals surface area contributed by atoms with Crippen LogP contribution in [0.1, 0.15) is 12.0 Å². The van der Waals surface area contributed by atoms with Crippen LogP contribution in [0.15, 0.2) is 42.0 Å². The Balaban J connectivity index is 1.85. The molecule has 1 aliphatic rings. The van der Waals surface area contributed by atoms with Gasteiger partial charge in [-0.15, -0.1) is 0 Å². The van der Waals surface area contributed by atoms with Crippen LogP contribution < -0.4 is 5.32 Å². The Hall–Kier alpha value is -1.75. The molecule has 1 aromatic carbocycles. The molecule has 0 aromatic heterocycles. The SMILES string of the molecule is O=C(OCc1ccccc1)C1CC(=C(F)F)CN1. The molecule has 0 saturated carbocycles. The molecule has 18 heavy (non-hydrogen) atoms. The quantitative estimate of drug-likeness (QED) is 0.839. The van der Waals surface area contributed by atoms with Gasteiger partial charge in [0.1, 0.15) is 12.6 Å². The minimum atomic E-state index is -1.71. The Bertz CT molecular complexity index is 455. The Morgan fingerprint density at radius 2 is 2.06 bits per heavy atom. The van der Waals surface area contributed by atoms with Gasteiger partial charge in [-0.25, -0.2) is 0 Å². The lowest BCUT2D eigenvalue weighted by Crippen LogP contribution is -2.32. The number of hydrogen-bond donors (Lipinski definition) is 1. The molecule has 0 spiro atoms. The first-order valence-electron chi connectivity index (χ1n) is 5.64. The predicted molar refractivity (Wildman–Crippen MR) is 61.9 cm³/mol. The van der Waals surface area contributed by atoms with E-state index in [4.69, 9.17) is 4.74 Å². The molecule has 1 saturated heterocycles. The zero-order valence-corrected chi connectivity index (χ0v) is 9.66. The number of ether oxygens (including phenoxy) is 1. The van der Waals surface area contributed by atoms with Gasteiger partial charge in [0.15, 0.2) is 0 Å². The summed E-state index contributed by atoms with van der Waals surface area (Å²) in [6, 6.07) is 8.56. The van der Waals surface area contributed by atoms with Gasteiger partial charge in [0.2, 0.25) is 0 Å². The van der Waals surface area contributed by atoms with Crippen molar-refractivity contribution >= 4 is 5.97 Å². The van der Waals surface area contributed by atoms with Crippen LogP contribution in [0.5, 0.6) is 0 Å². The van der Waals surface area contributed by atoms with Crippen LogP contribution in [0.25, 0.3) is 0 Å². The highest BCUT2D eigenvalue weighted by molar-refractivity contribution is 5.77. The third-order valence-corrected chi connectivity index (χ3v) is 2.79. The lowest BCUT2D eigenvalue weighted by Gasteiger charge is -2.09. The highest BCUT2D eigenvalue weighted by Crippen LogP contribution is 2.19. The summed E-state index contributed by atoms with van der Waals surface area (Å²) in [6.07, 6.45) is -1.68. The fourth-order valence-corrected chi connectivity index (χ4v) is 1.78. The smallest absolute Gasteiger partial charge is 0.323 e. The van der Waals surface area contributed by atoms with Crippen LogP contribution in [0, 0.1) is 0 Å². The van der Waals surface area contributed by atoms with E-state index in [-0.39, 0.29) is 25.1 Å². The van der Waals surface area contributed by atoms with E-state index in [9.17, 15) is 13.6 Å². The van der Waals surface area contributed by atoms with E-state index >= 15 is 0 Å². The number of rotatable bonds is 3. The maximum Gasteiger partial charge on any atom is 0.323 e. The molecular formula is C13H13F2NO2. The average Bonchev–Trinajstić information content (AvgIpc) is 2.87. The topological polar surface area (TPSA) is 38.3 Å². The number of benzene rings is 1. The first-order valence-corrected chi connectivity index (χ1v) is 5.64. The first kappa shape index (κ1) is 12.7. The van der Waals surface area contributed by atoms with Crippen molar-refractivity contribution in [1.29, 1.82) is 0 Å². The van der Waals surface area contributed by atoms with Crippen LogP contribution in [-0.2, 0) is 16.1 Å². The number of carbonyl (C=O) groups is 1. The van der Waals surface area contributed by atoms with Crippen molar-refractivity contribution in [2.75, 3.05) is 6.54 Å². The van der Waals surface area contributed by atoms with E-state index in [1.165, 1.54) is 0 Å². The third-order valence-electron chi connectivity index (χ3n) is 2.79. The van der Waals surface area contributed by atoms with Crippen LogP contribution in [-0.4, -0.2) is 18.6 Å². The van der Waals surface area contributed by atoms with Gasteiger partial charge in [-0.3, -0.25) is 4.79 Å². The van der Waals surface area contributed by atoms with E-state index in [1.54, 1.807) is 0 Å². The normalized spacial score (nSPS) is 18.8. The van der Waals surface area contributed by atoms with Gasteiger partial charge in [-0.1, -0.05) is 30.3 Å². The van der Waals surface area contributed by atoms with Crippen molar-refractivity contribution in [3.63, 3.8) is 0 Å². The summed E-state index contributed by atoms with van der Waals surface area (Å²) in [5.74, 6) is -0.491. The van der Waals surface area contributed by atoms with Crippen molar-refractivity contribution in [2.45, 2.75) is 19.1 Å². The molecule has 0 aliphatic carbocycles. The second-order valence-electron chi connectivity index (χ2n) is 4.09. The monoisotopic (exact) mass is 253 g/mol. The molecule has 1 N–H and O–H groups in total. The van der Waals surface area contributed by atoms with E-state index in [1.807, 2.05) is 30.3 Å². The maximum atomic E-state index is 12.3. The summed E-state index contributed by atoms with van der Waals surface area (Å²) in [5, 5.41) is 2.71. The van der Waals surface area contributed by atoms with E-state index in [0.717, 1.165) is 5.56 Å². The third kappa shape index (κ3) is 3.13. The molecule has 1 unspecified atom stereocenters. The van der Waals surface area contributed by atoms with Crippen molar-refractivity contribution in [3.05, 3.63) is 47.5 Å². The van der Waals surface area contributed by atoms with Gasteiger partial charge in [0.05, 0.1) is 0 Å². The van der Waals surface area contributed by atoms with E-state index < -0.39 is 18.1 Å². The average molecular weight is 253 g/mol. The van der Waals surface area contributed by atoms with Crippen molar-refractivity contribution in [1.82, 2.24) is 5.32 Å².